The van der Waals surface area contributed by atoms with Crippen molar-refractivity contribution in [1.82, 2.24) is 4.72 Å². The van der Waals surface area contributed by atoms with Crippen LogP contribution in [-0.2, 0) is 40.5 Å². The maximum atomic E-state index is 12.8. The maximum Gasteiger partial charge on any atom is 0.307 e. The van der Waals surface area contributed by atoms with E-state index in [1.807, 2.05) is 36.4 Å². The first-order chi connectivity index (χ1) is 15.3. The van der Waals surface area contributed by atoms with Crippen LogP contribution < -0.4 is 4.72 Å². The minimum Gasteiger partial charge on any atom is -0.481 e. The van der Waals surface area contributed by atoms with Crippen LogP contribution in [0, 0.1) is 0 Å². The van der Waals surface area contributed by atoms with Crippen molar-refractivity contribution in [2.24, 2.45) is 0 Å². The average molecular weight is 470 g/mol. The monoisotopic (exact) mass is 469 g/mol. The Labute approximate surface area is 193 Å². The molecule has 0 saturated carbocycles. The molecule has 3 aromatic rings. The lowest BCUT2D eigenvalue weighted by Gasteiger charge is -2.28. The molecule has 1 aliphatic rings. The van der Waals surface area contributed by atoms with Gasteiger partial charge in [0, 0.05) is 11.1 Å². The number of halogens is 1. The van der Waals surface area contributed by atoms with E-state index in [0.29, 0.717) is 30.7 Å². The van der Waals surface area contributed by atoms with Gasteiger partial charge in [0.2, 0.25) is 10.0 Å². The van der Waals surface area contributed by atoms with Crippen molar-refractivity contribution in [3.63, 3.8) is 0 Å². The van der Waals surface area contributed by atoms with Crippen molar-refractivity contribution in [3.8, 4) is 0 Å². The number of carboxylic acids is 1. The summed E-state index contributed by atoms with van der Waals surface area (Å²) in [5, 5.41) is 9.88. The zero-order chi connectivity index (χ0) is 22.7. The fraction of sp³-hybridized carbons (Fsp3) is 0.240. The zero-order valence-electron chi connectivity index (χ0n) is 17.4. The molecular formula is C25H24ClNO4S. The lowest BCUT2D eigenvalue weighted by Crippen LogP contribution is -2.39. The Hall–Kier alpha value is -2.67. The minimum atomic E-state index is -3.67. The topological polar surface area (TPSA) is 83.5 Å². The SMILES string of the molecule is O=C(O)Cc1cc(Cc2ccccc2)cc2c1CCC(NS(=O)(=O)c1ccc(Cl)cc1)C2. The second-order valence-electron chi connectivity index (χ2n) is 8.14. The molecule has 1 atom stereocenters. The van der Waals surface area contributed by atoms with Gasteiger partial charge in [-0.2, -0.15) is 0 Å². The first kappa shape index (κ1) is 22.5. The Morgan fingerprint density at radius 2 is 1.75 bits per heavy atom. The maximum absolute atomic E-state index is 12.8. The number of hydrogen-bond donors (Lipinski definition) is 2. The van der Waals surface area contributed by atoms with Crippen molar-refractivity contribution >= 4 is 27.6 Å². The Balaban J connectivity index is 1.60. The number of rotatable bonds is 7. The molecule has 0 bridgehead atoms. The highest BCUT2D eigenvalue weighted by molar-refractivity contribution is 7.89. The lowest BCUT2D eigenvalue weighted by atomic mass is 9.83. The van der Waals surface area contributed by atoms with E-state index in [0.717, 1.165) is 27.8 Å². The molecule has 0 radical (unpaired) electrons. The zero-order valence-corrected chi connectivity index (χ0v) is 19.0. The first-order valence-corrected chi connectivity index (χ1v) is 12.3. The average Bonchev–Trinajstić information content (AvgIpc) is 2.74. The minimum absolute atomic E-state index is 0.0356. The van der Waals surface area contributed by atoms with E-state index in [1.54, 1.807) is 12.1 Å². The molecule has 3 aromatic carbocycles. The third kappa shape index (κ3) is 5.38. The quantitative estimate of drug-likeness (QED) is 0.537. The molecule has 1 unspecified atom stereocenters. The van der Waals surface area contributed by atoms with Gasteiger partial charge in [0.05, 0.1) is 11.3 Å². The van der Waals surface area contributed by atoms with Crippen molar-refractivity contribution in [1.29, 1.82) is 0 Å². The molecule has 7 heteroatoms. The normalized spacial score (nSPS) is 15.8. The van der Waals surface area contributed by atoms with Gasteiger partial charge in [-0.1, -0.05) is 54.1 Å². The van der Waals surface area contributed by atoms with E-state index in [9.17, 15) is 18.3 Å². The third-order valence-corrected chi connectivity index (χ3v) is 7.53. The molecule has 2 N–H and O–H groups in total. The summed E-state index contributed by atoms with van der Waals surface area (Å²) < 4.78 is 28.4. The molecule has 0 spiro atoms. The fourth-order valence-electron chi connectivity index (χ4n) is 4.32. The van der Waals surface area contributed by atoms with Crippen LogP contribution in [0.3, 0.4) is 0 Å². The Bertz CT molecular complexity index is 1220. The molecule has 0 aromatic heterocycles. The Morgan fingerprint density at radius 3 is 2.44 bits per heavy atom. The summed E-state index contributed by atoms with van der Waals surface area (Å²) in [6, 6.07) is 19.9. The summed E-state index contributed by atoms with van der Waals surface area (Å²) in [4.78, 5) is 11.6. The van der Waals surface area contributed by atoms with Crippen LogP contribution in [-0.4, -0.2) is 25.5 Å². The molecule has 0 saturated heterocycles. The molecule has 0 aliphatic heterocycles. The number of hydrogen-bond acceptors (Lipinski definition) is 3. The van der Waals surface area contributed by atoms with E-state index in [1.165, 1.54) is 12.1 Å². The summed E-state index contributed by atoms with van der Waals surface area (Å²) in [5.41, 5.74) is 5.05. The van der Waals surface area contributed by atoms with E-state index in [-0.39, 0.29) is 17.4 Å². The van der Waals surface area contributed by atoms with Gasteiger partial charge in [-0.05, 0) is 77.8 Å². The number of sulfonamides is 1. The number of aliphatic carboxylic acids is 1. The smallest absolute Gasteiger partial charge is 0.307 e. The predicted octanol–water partition coefficient (Wildman–Crippen LogP) is 4.39. The lowest BCUT2D eigenvalue weighted by molar-refractivity contribution is -0.136. The molecule has 0 fully saturated rings. The van der Waals surface area contributed by atoms with E-state index < -0.39 is 16.0 Å². The summed E-state index contributed by atoms with van der Waals surface area (Å²) >= 11 is 5.88. The van der Waals surface area contributed by atoms with Crippen molar-refractivity contribution < 1.29 is 18.3 Å². The van der Waals surface area contributed by atoms with Gasteiger partial charge in [0.1, 0.15) is 0 Å². The largest absolute Gasteiger partial charge is 0.481 e. The highest BCUT2D eigenvalue weighted by Crippen LogP contribution is 2.29. The van der Waals surface area contributed by atoms with E-state index in [2.05, 4.69) is 10.8 Å². The van der Waals surface area contributed by atoms with Gasteiger partial charge in [-0.15, -0.1) is 0 Å². The second kappa shape index (κ2) is 9.45. The number of carbonyl (C=O) groups is 1. The second-order valence-corrected chi connectivity index (χ2v) is 10.3. The van der Waals surface area contributed by atoms with Crippen LogP contribution in [0.5, 0.6) is 0 Å². The van der Waals surface area contributed by atoms with Gasteiger partial charge in [0.25, 0.3) is 0 Å². The van der Waals surface area contributed by atoms with Gasteiger partial charge in [-0.3, -0.25) is 4.79 Å². The van der Waals surface area contributed by atoms with Gasteiger partial charge in [0.15, 0.2) is 0 Å². The molecule has 5 nitrogen and oxygen atoms in total. The number of benzene rings is 3. The molecule has 1 aliphatic carbocycles. The molecule has 4 rings (SSSR count). The van der Waals surface area contributed by atoms with Crippen LogP contribution in [0.15, 0.2) is 71.6 Å². The van der Waals surface area contributed by atoms with E-state index in [4.69, 9.17) is 11.6 Å². The molecule has 0 amide bonds. The van der Waals surface area contributed by atoms with Crippen LogP contribution in [0.2, 0.25) is 5.02 Å². The van der Waals surface area contributed by atoms with Crippen LogP contribution in [0.1, 0.15) is 34.2 Å². The number of carboxylic acid groups (broad SMARTS) is 1. The van der Waals surface area contributed by atoms with Crippen molar-refractivity contribution in [2.45, 2.75) is 43.0 Å². The number of nitrogens with one attached hydrogen (secondary N) is 1. The predicted molar refractivity (Wildman–Crippen MR) is 125 cm³/mol. The fourth-order valence-corrected chi connectivity index (χ4v) is 5.71. The van der Waals surface area contributed by atoms with Gasteiger partial charge < -0.3 is 5.11 Å². The molecule has 166 valence electrons. The Kier molecular flexibility index (Phi) is 6.65. The van der Waals surface area contributed by atoms with Crippen LogP contribution >= 0.6 is 11.6 Å². The summed E-state index contributed by atoms with van der Waals surface area (Å²) in [6.45, 7) is 0. The third-order valence-electron chi connectivity index (χ3n) is 5.74. The molecule has 0 heterocycles. The summed E-state index contributed by atoms with van der Waals surface area (Å²) in [5.74, 6) is -0.866. The van der Waals surface area contributed by atoms with E-state index >= 15 is 0 Å². The van der Waals surface area contributed by atoms with Crippen molar-refractivity contribution in [2.75, 3.05) is 0 Å². The highest BCUT2D eigenvalue weighted by atomic mass is 35.5. The van der Waals surface area contributed by atoms with Crippen LogP contribution in [0.25, 0.3) is 0 Å². The summed E-state index contributed by atoms with van der Waals surface area (Å²) in [6.07, 6.45) is 2.44. The van der Waals surface area contributed by atoms with Crippen LogP contribution in [0.4, 0.5) is 0 Å². The van der Waals surface area contributed by atoms with Gasteiger partial charge >= 0.3 is 5.97 Å². The Morgan fingerprint density at radius 1 is 1.03 bits per heavy atom. The van der Waals surface area contributed by atoms with Crippen molar-refractivity contribution in [3.05, 3.63) is 99.6 Å². The molecule has 32 heavy (non-hydrogen) atoms. The first-order valence-electron chi connectivity index (χ1n) is 10.5. The summed E-state index contributed by atoms with van der Waals surface area (Å²) in [7, 11) is -3.67. The highest BCUT2D eigenvalue weighted by Gasteiger charge is 2.26. The standard InChI is InChI=1S/C25H24ClNO4S/c26-21-6-9-23(10-7-21)32(30,31)27-22-8-11-24-19(15-22)13-18(14-20(24)16-25(28)29)12-17-4-2-1-3-5-17/h1-7,9-10,13-14,22,27H,8,11-12,15-16H2,(H,28,29). The molecular weight excluding hydrogens is 446 g/mol. The van der Waals surface area contributed by atoms with Gasteiger partial charge in [-0.25, -0.2) is 13.1 Å². The number of fused-ring (bicyclic) bond motifs is 1.